The minimum Gasteiger partial charge on any atom is -0.444 e. The predicted molar refractivity (Wildman–Crippen MR) is 92.6 cm³/mol. The van der Waals surface area contributed by atoms with Crippen LogP contribution in [0.2, 0.25) is 0 Å². The van der Waals surface area contributed by atoms with Gasteiger partial charge in [-0.25, -0.2) is 9.78 Å². The number of rotatable bonds is 5. The highest BCUT2D eigenvalue weighted by Crippen LogP contribution is 2.14. The van der Waals surface area contributed by atoms with Crippen LogP contribution in [0.1, 0.15) is 34.6 Å². The number of carbonyl (C=O) groups excluding carboxylic acids is 1. The molecule has 0 saturated heterocycles. The zero-order chi connectivity index (χ0) is 17.0. The molecular weight excluding hydrogens is 292 g/mol. The van der Waals surface area contributed by atoms with E-state index in [0.717, 1.165) is 11.0 Å². The van der Waals surface area contributed by atoms with Crippen molar-refractivity contribution in [3.05, 3.63) is 24.3 Å². The summed E-state index contributed by atoms with van der Waals surface area (Å²) in [5, 5.41) is 6.16. The lowest BCUT2D eigenvalue weighted by Gasteiger charge is -2.25. The fraction of sp³-hybridized carbons (Fsp3) is 0.529. The van der Waals surface area contributed by atoms with Crippen LogP contribution in [0.25, 0.3) is 11.0 Å². The van der Waals surface area contributed by atoms with E-state index < -0.39 is 11.7 Å². The summed E-state index contributed by atoms with van der Waals surface area (Å²) in [5.41, 5.74) is 1.39. The van der Waals surface area contributed by atoms with Gasteiger partial charge in [-0.1, -0.05) is 26.0 Å². The first-order valence-electron chi connectivity index (χ1n) is 7.93. The summed E-state index contributed by atoms with van der Waals surface area (Å²) >= 11 is 0. The van der Waals surface area contributed by atoms with Crippen LogP contribution in [0.15, 0.2) is 24.3 Å². The van der Waals surface area contributed by atoms with Gasteiger partial charge in [0.1, 0.15) is 5.60 Å². The molecule has 1 heterocycles. The molecule has 0 saturated carbocycles. The molecule has 1 aromatic carbocycles. The third kappa shape index (κ3) is 5.16. The number of alkyl carbamates (subject to hydrolysis) is 1. The molecule has 6 nitrogen and oxygen atoms in total. The standard InChI is InChI=1S/C17H26N4O2/c1-11(2)14(21-16(22)23-17(3,4)5)10-18-15-19-12-8-6-7-9-13(12)20-15/h6-9,11,14H,10H2,1-5H3,(H,21,22)(H2,18,19,20). The summed E-state index contributed by atoms with van der Waals surface area (Å²) in [5.74, 6) is 0.960. The molecule has 23 heavy (non-hydrogen) atoms. The number of H-pyrrole nitrogens is 1. The zero-order valence-electron chi connectivity index (χ0n) is 14.4. The van der Waals surface area contributed by atoms with Crippen LogP contribution in [0.5, 0.6) is 0 Å². The number of anilines is 1. The lowest BCUT2D eigenvalue weighted by Crippen LogP contribution is -2.45. The summed E-state index contributed by atoms with van der Waals surface area (Å²) < 4.78 is 5.32. The Kier molecular flexibility index (Phi) is 5.13. The van der Waals surface area contributed by atoms with Crippen molar-refractivity contribution in [1.82, 2.24) is 15.3 Å². The second-order valence-corrected chi connectivity index (χ2v) is 6.98. The third-order valence-corrected chi connectivity index (χ3v) is 3.39. The Labute approximate surface area is 137 Å². The van der Waals surface area contributed by atoms with Crippen LogP contribution in [-0.2, 0) is 4.74 Å². The number of carbonyl (C=O) groups is 1. The molecule has 0 spiro atoms. The maximum atomic E-state index is 11.9. The van der Waals surface area contributed by atoms with Gasteiger partial charge >= 0.3 is 6.09 Å². The normalized spacial score (nSPS) is 13.1. The van der Waals surface area contributed by atoms with Crippen LogP contribution in [0, 0.1) is 5.92 Å². The average molecular weight is 318 g/mol. The van der Waals surface area contributed by atoms with E-state index in [9.17, 15) is 4.79 Å². The minimum absolute atomic E-state index is 0.0573. The SMILES string of the molecule is CC(C)C(CNc1nc2ccccc2[nH]1)NC(=O)OC(C)(C)C. The van der Waals surface area contributed by atoms with Gasteiger partial charge in [-0.2, -0.15) is 0 Å². The molecule has 1 aromatic heterocycles. The van der Waals surface area contributed by atoms with Gasteiger partial charge in [-0.05, 0) is 38.8 Å². The third-order valence-electron chi connectivity index (χ3n) is 3.39. The van der Waals surface area contributed by atoms with Crippen LogP contribution in [0.3, 0.4) is 0 Å². The van der Waals surface area contributed by atoms with Gasteiger partial charge in [-0.3, -0.25) is 0 Å². The van der Waals surface area contributed by atoms with E-state index in [1.54, 1.807) is 0 Å². The lowest BCUT2D eigenvalue weighted by molar-refractivity contribution is 0.0494. The number of para-hydroxylation sites is 2. The van der Waals surface area contributed by atoms with Crippen molar-refractivity contribution in [2.45, 2.75) is 46.3 Å². The van der Waals surface area contributed by atoms with Gasteiger partial charge in [0, 0.05) is 6.54 Å². The number of hydrogen-bond acceptors (Lipinski definition) is 4. The van der Waals surface area contributed by atoms with Crippen LogP contribution in [0.4, 0.5) is 10.7 Å². The van der Waals surface area contributed by atoms with Gasteiger partial charge in [0.05, 0.1) is 17.1 Å². The number of fused-ring (bicyclic) bond motifs is 1. The first-order valence-corrected chi connectivity index (χ1v) is 7.93. The molecule has 0 radical (unpaired) electrons. The smallest absolute Gasteiger partial charge is 0.407 e. The molecule has 1 atom stereocenters. The molecule has 1 unspecified atom stereocenters. The number of aromatic amines is 1. The fourth-order valence-electron chi connectivity index (χ4n) is 2.16. The summed E-state index contributed by atoms with van der Waals surface area (Å²) in [4.78, 5) is 19.6. The molecule has 6 heteroatoms. The van der Waals surface area contributed by atoms with E-state index in [1.807, 2.05) is 45.0 Å². The van der Waals surface area contributed by atoms with E-state index >= 15 is 0 Å². The summed E-state index contributed by atoms with van der Waals surface area (Å²) in [7, 11) is 0. The Hall–Kier alpha value is -2.24. The number of hydrogen-bond donors (Lipinski definition) is 3. The van der Waals surface area contributed by atoms with Crippen molar-refractivity contribution in [1.29, 1.82) is 0 Å². The molecule has 0 fully saturated rings. The highest BCUT2D eigenvalue weighted by atomic mass is 16.6. The van der Waals surface area contributed by atoms with E-state index in [2.05, 4.69) is 34.4 Å². The van der Waals surface area contributed by atoms with Crippen molar-refractivity contribution in [3.8, 4) is 0 Å². The second kappa shape index (κ2) is 6.89. The Morgan fingerprint density at radius 2 is 2.00 bits per heavy atom. The molecular formula is C17H26N4O2. The van der Waals surface area contributed by atoms with E-state index in [-0.39, 0.29) is 12.0 Å². The Morgan fingerprint density at radius 1 is 1.30 bits per heavy atom. The highest BCUT2D eigenvalue weighted by Gasteiger charge is 2.21. The Balaban J connectivity index is 1.95. The van der Waals surface area contributed by atoms with Crippen LogP contribution >= 0.6 is 0 Å². The molecule has 0 bridgehead atoms. The summed E-state index contributed by atoms with van der Waals surface area (Å²) in [6, 6.07) is 7.79. The molecule has 3 N–H and O–H groups in total. The van der Waals surface area contributed by atoms with Gasteiger partial charge in [0.2, 0.25) is 5.95 Å². The summed E-state index contributed by atoms with van der Waals surface area (Å²) in [6.45, 7) is 10.2. The van der Waals surface area contributed by atoms with Gasteiger partial charge in [0.15, 0.2) is 0 Å². The first-order chi connectivity index (χ1) is 10.7. The fourth-order valence-corrected chi connectivity index (χ4v) is 2.16. The van der Waals surface area contributed by atoms with E-state index in [0.29, 0.717) is 12.5 Å². The average Bonchev–Trinajstić information content (AvgIpc) is 2.83. The number of aromatic nitrogens is 2. The highest BCUT2D eigenvalue weighted by molar-refractivity contribution is 5.77. The minimum atomic E-state index is -0.502. The van der Waals surface area contributed by atoms with Crippen molar-refractivity contribution >= 4 is 23.1 Å². The predicted octanol–water partition coefficient (Wildman–Crippen LogP) is 3.52. The quantitative estimate of drug-likeness (QED) is 0.788. The number of nitrogens with one attached hydrogen (secondary N) is 3. The molecule has 2 rings (SSSR count). The number of ether oxygens (including phenoxy) is 1. The van der Waals surface area contributed by atoms with Gasteiger partial charge in [0.25, 0.3) is 0 Å². The van der Waals surface area contributed by atoms with Crippen molar-refractivity contribution in [3.63, 3.8) is 0 Å². The zero-order valence-corrected chi connectivity index (χ0v) is 14.4. The monoisotopic (exact) mass is 318 g/mol. The Bertz CT molecular complexity index is 625. The molecule has 126 valence electrons. The number of imidazole rings is 1. The van der Waals surface area contributed by atoms with Crippen LogP contribution < -0.4 is 10.6 Å². The molecule has 0 aliphatic heterocycles. The van der Waals surface area contributed by atoms with Gasteiger partial charge in [-0.15, -0.1) is 0 Å². The topological polar surface area (TPSA) is 79.0 Å². The number of nitrogens with zero attached hydrogens (tertiary/aromatic N) is 1. The van der Waals surface area contributed by atoms with Crippen LogP contribution in [-0.4, -0.2) is 34.2 Å². The largest absolute Gasteiger partial charge is 0.444 e. The molecule has 2 aromatic rings. The Morgan fingerprint density at radius 3 is 2.61 bits per heavy atom. The van der Waals surface area contributed by atoms with Crippen molar-refractivity contribution < 1.29 is 9.53 Å². The molecule has 1 amide bonds. The number of amides is 1. The summed E-state index contributed by atoms with van der Waals surface area (Å²) in [6.07, 6.45) is -0.400. The maximum Gasteiger partial charge on any atom is 0.407 e. The maximum absolute atomic E-state index is 11.9. The first kappa shape index (κ1) is 17.1. The number of benzene rings is 1. The molecule has 0 aliphatic carbocycles. The lowest BCUT2D eigenvalue weighted by atomic mass is 10.0. The molecule has 0 aliphatic rings. The van der Waals surface area contributed by atoms with Crippen molar-refractivity contribution in [2.24, 2.45) is 5.92 Å². The van der Waals surface area contributed by atoms with Crippen molar-refractivity contribution in [2.75, 3.05) is 11.9 Å². The second-order valence-electron chi connectivity index (χ2n) is 6.98. The van der Waals surface area contributed by atoms with E-state index in [1.165, 1.54) is 0 Å². The van der Waals surface area contributed by atoms with E-state index in [4.69, 9.17) is 4.74 Å². The van der Waals surface area contributed by atoms with Gasteiger partial charge < -0.3 is 20.4 Å².